The molecule has 0 saturated carbocycles. The number of halogens is 2. The van der Waals surface area contributed by atoms with Crippen LogP contribution in [0.25, 0.3) is 0 Å². The topological polar surface area (TPSA) is 53.5 Å². The lowest BCUT2D eigenvalue weighted by atomic mass is 10.2. The number of nitrogens with zero attached hydrogens (tertiary/aromatic N) is 1. The van der Waals surface area contributed by atoms with Gasteiger partial charge < -0.3 is 5.32 Å². The summed E-state index contributed by atoms with van der Waals surface area (Å²) in [5.74, 6) is -0.215. The summed E-state index contributed by atoms with van der Waals surface area (Å²) in [4.78, 5) is 11.9. The van der Waals surface area contributed by atoms with Crippen molar-refractivity contribution >= 4 is 45.3 Å². The van der Waals surface area contributed by atoms with Gasteiger partial charge in [-0.05, 0) is 48.9 Å². The number of hydrogen-bond donors (Lipinski definition) is 2. The number of hydrogen-bond acceptors (Lipinski definition) is 3. The molecule has 2 rings (SSSR count). The van der Waals surface area contributed by atoms with Crippen molar-refractivity contribution in [2.45, 2.75) is 13.0 Å². The van der Waals surface area contributed by atoms with Crippen molar-refractivity contribution in [2.24, 2.45) is 5.10 Å². The lowest BCUT2D eigenvalue weighted by Crippen LogP contribution is -2.34. The van der Waals surface area contributed by atoms with Gasteiger partial charge in [0.2, 0.25) is 0 Å². The summed E-state index contributed by atoms with van der Waals surface area (Å²) in [5, 5.41) is 7.69. The maximum absolute atomic E-state index is 11.9. The Balaban J connectivity index is 1.85. The highest BCUT2D eigenvalue weighted by atomic mass is 79.9. The van der Waals surface area contributed by atoms with E-state index < -0.39 is 6.04 Å². The largest absolute Gasteiger partial charge is 0.374 e. The van der Waals surface area contributed by atoms with Crippen LogP contribution in [0.3, 0.4) is 0 Å². The molecule has 1 unspecified atom stereocenters. The summed E-state index contributed by atoms with van der Waals surface area (Å²) in [7, 11) is 0. The number of carbonyl (C=O) groups excluding carboxylic acids is 1. The van der Waals surface area contributed by atoms with Gasteiger partial charge in [0.15, 0.2) is 0 Å². The van der Waals surface area contributed by atoms with Crippen molar-refractivity contribution < 1.29 is 4.79 Å². The van der Waals surface area contributed by atoms with Gasteiger partial charge in [-0.25, -0.2) is 5.43 Å². The molecule has 0 aliphatic carbocycles. The highest BCUT2D eigenvalue weighted by molar-refractivity contribution is 9.10. The van der Waals surface area contributed by atoms with Gasteiger partial charge in [0.05, 0.1) is 6.21 Å². The summed E-state index contributed by atoms with van der Waals surface area (Å²) < 4.78 is 0.989. The molecule has 0 bridgehead atoms. The molecular formula is C16H15BrClN3O. The second-order valence-electron chi connectivity index (χ2n) is 4.66. The number of amides is 1. The van der Waals surface area contributed by atoms with E-state index in [1.807, 2.05) is 36.4 Å². The molecular weight excluding hydrogens is 366 g/mol. The molecule has 0 radical (unpaired) electrons. The molecule has 0 aliphatic heterocycles. The van der Waals surface area contributed by atoms with E-state index in [0.29, 0.717) is 5.02 Å². The standard InChI is InChI=1S/C16H15BrClN3O/c1-11(20-15-8-4-13(17)5-9-15)16(22)21-19-10-12-2-6-14(18)7-3-12/h2-11,20H,1H3,(H,21,22)/b19-10+. The second-order valence-corrected chi connectivity index (χ2v) is 6.01. The predicted molar refractivity (Wildman–Crippen MR) is 94.4 cm³/mol. The zero-order valence-corrected chi connectivity index (χ0v) is 14.2. The molecule has 0 fully saturated rings. The lowest BCUT2D eigenvalue weighted by molar-refractivity contribution is -0.121. The van der Waals surface area contributed by atoms with Crippen LogP contribution < -0.4 is 10.7 Å². The van der Waals surface area contributed by atoms with Crippen molar-refractivity contribution in [2.75, 3.05) is 5.32 Å². The molecule has 22 heavy (non-hydrogen) atoms. The van der Waals surface area contributed by atoms with Crippen molar-refractivity contribution in [1.82, 2.24) is 5.43 Å². The molecule has 2 aromatic rings. The molecule has 6 heteroatoms. The molecule has 2 N–H and O–H groups in total. The van der Waals surface area contributed by atoms with Crippen LogP contribution in [0.5, 0.6) is 0 Å². The molecule has 1 atom stereocenters. The van der Waals surface area contributed by atoms with Crippen molar-refractivity contribution in [3.8, 4) is 0 Å². The third kappa shape index (κ3) is 5.16. The van der Waals surface area contributed by atoms with Crippen molar-refractivity contribution in [1.29, 1.82) is 0 Å². The maximum Gasteiger partial charge on any atom is 0.262 e. The lowest BCUT2D eigenvalue weighted by Gasteiger charge is -2.13. The monoisotopic (exact) mass is 379 g/mol. The predicted octanol–water partition coefficient (Wildman–Crippen LogP) is 4.05. The third-order valence-electron chi connectivity index (χ3n) is 2.88. The molecule has 4 nitrogen and oxygen atoms in total. The quantitative estimate of drug-likeness (QED) is 0.607. The summed E-state index contributed by atoms with van der Waals surface area (Å²) in [6, 6.07) is 14.4. The molecule has 0 saturated heterocycles. The number of anilines is 1. The maximum atomic E-state index is 11.9. The van der Waals surface area contributed by atoms with E-state index in [1.165, 1.54) is 0 Å². The van der Waals surface area contributed by atoms with Crippen LogP contribution in [0.2, 0.25) is 5.02 Å². The fourth-order valence-corrected chi connectivity index (χ4v) is 2.07. The van der Waals surface area contributed by atoms with Gasteiger partial charge in [-0.1, -0.05) is 39.7 Å². The van der Waals surface area contributed by atoms with E-state index in [0.717, 1.165) is 15.7 Å². The molecule has 0 heterocycles. The Morgan fingerprint density at radius 1 is 1.18 bits per heavy atom. The highest BCUT2D eigenvalue weighted by Crippen LogP contribution is 2.14. The smallest absolute Gasteiger partial charge is 0.262 e. The minimum Gasteiger partial charge on any atom is -0.374 e. The normalized spacial score (nSPS) is 12.1. The number of nitrogens with one attached hydrogen (secondary N) is 2. The Labute approximate surface area is 142 Å². The Kier molecular flexibility index (Phi) is 5.98. The van der Waals surface area contributed by atoms with E-state index >= 15 is 0 Å². The molecule has 114 valence electrons. The number of benzene rings is 2. The van der Waals surface area contributed by atoms with Gasteiger partial charge in [-0.3, -0.25) is 4.79 Å². The van der Waals surface area contributed by atoms with Gasteiger partial charge in [-0.2, -0.15) is 5.10 Å². The summed E-state index contributed by atoms with van der Waals surface area (Å²) in [5.41, 5.74) is 4.23. The summed E-state index contributed by atoms with van der Waals surface area (Å²) in [6.07, 6.45) is 1.57. The van der Waals surface area contributed by atoms with Crippen LogP contribution in [-0.2, 0) is 4.79 Å². The van der Waals surface area contributed by atoms with E-state index in [9.17, 15) is 4.79 Å². The third-order valence-corrected chi connectivity index (χ3v) is 3.66. The molecule has 2 aromatic carbocycles. The van der Waals surface area contributed by atoms with E-state index in [1.54, 1.807) is 25.3 Å². The second kappa shape index (κ2) is 7.96. The first-order chi connectivity index (χ1) is 10.5. The first kappa shape index (κ1) is 16.5. The van der Waals surface area contributed by atoms with Crippen LogP contribution in [0.4, 0.5) is 5.69 Å². The number of carbonyl (C=O) groups is 1. The van der Waals surface area contributed by atoms with Crippen molar-refractivity contribution in [3.63, 3.8) is 0 Å². The minimum atomic E-state index is -0.399. The molecule has 0 aliphatic rings. The Bertz CT molecular complexity index is 656. The first-order valence-corrected chi connectivity index (χ1v) is 7.82. The van der Waals surface area contributed by atoms with Crippen LogP contribution in [0.1, 0.15) is 12.5 Å². The minimum absolute atomic E-state index is 0.215. The van der Waals surface area contributed by atoms with Crippen LogP contribution in [0.15, 0.2) is 58.1 Å². The van der Waals surface area contributed by atoms with Gasteiger partial charge in [0.25, 0.3) is 5.91 Å². The average Bonchev–Trinajstić information content (AvgIpc) is 2.51. The molecule has 0 spiro atoms. The van der Waals surface area contributed by atoms with Crippen LogP contribution in [0, 0.1) is 0 Å². The Morgan fingerprint density at radius 3 is 2.45 bits per heavy atom. The van der Waals surface area contributed by atoms with Crippen LogP contribution >= 0.6 is 27.5 Å². The summed E-state index contributed by atoms with van der Waals surface area (Å²) in [6.45, 7) is 1.77. The number of rotatable bonds is 5. The SMILES string of the molecule is CC(Nc1ccc(Br)cc1)C(=O)N/N=C/c1ccc(Cl)cc1. The van der Waals surface area contributed by atoms with Gasteiger partial charge in [0.1, 0.15) is 6.04 Å². The van der Waals surface area contributed by atoms with E-state index in [2.05, 4.69) is 31.8 Å². The van der Waals surface area contributed by atoms with E-state index in [4.69, 9.17) is 11.6 Å². The number of hydrazone groups is 1. The van der Waals surface area contributed by atoms with Crippen molar-refractivity contribution in [3.05, 3.63) is 63.6 Å². The first-order valence-electron chi connectivity index (χ1n) is 6.65. The summed E-state index contributed by atoms with van der Waals surface area (Å²) >= 11 is 9.17. The average molecular weight is 381 g/mol. The Morgan fingerprint density at radius 2 is 1.82 bits per heavy atom. The van der Waals surface area contributed by atoms with Gasteiger partial charge >= 0.3 is 0 Å². The van der Waals surface area contributed by atoms with E-state index in [-0.39, 0.29) is 5.91 Å². The van der Waals surface area contributed by atoms with Gasteiger partial charge in [0, 0.05) is 15.2 Å². The molecule has 0 aromatic heterocycles. The fourth-order valence-electron chi connectivity index (χ4n) is 1.68. The van der Waals surface area contributed by atoms with Gasteiger partial charge in [-0.15, -0.1) is 0 Å². The van der Waals surface area contributed by atoms with Crippen LogP contribution in [-0.4, -0.2) is 18.2 Å². The zero-order chi connectivity index (χ0) is 15.9. The fraction of sp³-hybridized carbons (Fsp3) is 0.125. The Hall–Kier alpha value is -1.85. The molecule has 1 amide bonds. The zero-order valence-electron chi connectivity index (χ0n) is 11.9. The highest BCUT2D eigenvalue weighted by Gasteiger charge is 2.11.